The van der Waals surface area contributed by atoms with Crippen molar-refractivity contribution in [1.29, 1.82) is 0 Å². The van der Waals surface area contributed by atoms with E-state index in [0.717, 1.165) is 22.4 Å². The third kappa shape index (κ3) is 2.04. The van der Waals surface area contributed by atoms with Crippen LogP contribution in [0.1, 0.15) is 32.7 Å². The van der Waals surface area contributed by atoms with E-state index < -0.39 is 5.97 Å². The number of carbonyl (C=O) groups is 1. The van der Waals surface area contributed by atoms with Gasteiger partial charge in [0.1, 0.15) is 0 Å². The molecule has 2 aromatic rings. The molecule has 0 aliphatic carbocycles. The number of benzene rings is 1. The highest BCUT2D eigenvalue weighted by atomic mass is 16.4. The molecule has 0 radical (unpaired) electrons. The van der Waals surface area contributed by atoms with Crippen LogP contribution in [0.15, 0.2) is 18.2 Å². The summed E-state index contributed by atoms with van der Waals surface area (Å²) in [5.74, 6) is -0.891. The van der Waals surface area contributed by atoms with Gasteiger partial charge in [-0.05, 0) is 44.9 Å². The highest BCUT2D eigenvalue weighted by Gasteiger charge is 2.14. The Balaban J connectivity index is 2.63. The van der Waals surface area contributed by atoms with Crippen LogP contribution in [0.25, 0.3) is 11.3 Å². The minimum Gasteiger partial charge on any atom is -0.478 e. The molecular weight excluding hydrogens is 226 g/mol. The molecule has 1 aromatic heterocycles. The lowest BCUT2D eigenvalue weighted by Crippen LogP contribution is -1.95. The summed E-state index contributed by atoms with van der Waals surface area (Å²) >= 11 is 0. The van der Waals surface area contributed by atoms with E-state index in [1.807, 2.05) is 13.8 Å². The van der Waals surface area contributed by atoms with Crippen molar-refractivity contribution >= 4 is 5.97 Å². The maximum Gasteiger partial charge on any atom is 0.337 e. The van der Waals surface area contributed by atoms with Crippen molar-refractivity contribution in [3.8, 4) is 11.3 Å². The number of carboxylic acid groups (broad SMARTS) is 1. The summed E-state index contributed by atoms with van der Waals surface area (Å²) in [6.07, 6.45) is 0. The Bertz CT molecular complexity index is 600. The average molecular weight is 243 g/mol. The SMILES string of the molecule is Cc1cc(C)c(-c2cc(C(=O)O)c(C)[nH]2)c(C)c1. The number of hydrogen-bond donors (Lipinski definition) is 2. The first kappa shape index (κ1) is 12.4. The normalized spacial score (nSPS) is 10.7. The van der Waals surface area contributed by atoms with E-state index in [2.05, 4.69) is 24.0 Å². The van der Waals surface area contributed by atoms with Crippen LogP contribution in [-0.4, -0.2) is 16.1 Å². The van der Waals surface area contributed by atoms with Gasteiger partial charge in [-0.2, -0.15) is 0 Å². The van der Waals surface area contributed by atoms with Crippen molar-refractivity contribution in [1.82, 2.24) is 4.98 Å². The summed E-state index contributed by atoms with van der Waals surface area (Å²) in [4.78, 5) is 14.2. The molecule has 0 atom stereocenters. The molecule has 1 aromatic carbocycles. The molecule has 2 N–H and O–H groups in total. The molecule has 0 fully saturated rings. The molecule has 0 aliphatic heterocycles. The summed E-state index contributed by atoms with van der Waals surface area (Å²) in [6, 6.07) is 5.93. The number of H-pyrrole nitrogens is 1. The van der Waals surface area contributed by atoms with Gasteiger partial charge in [0.05, 0.1) is 5.56 Å². The van der Waals surface area contributed by atoms with Crippen LogP contribution < -0.4 is 0 Å². The van der Waals surface area contributed by atoms with Crippen molar-refractivity contribution in [2.45, 2.75) is 27.7 Å². The van der Waals surface area contributed by atoms with Crippen LogP contribution in [-0.2, 0) is 0 Å². The number of carboxylic acids is 1. The van der Waals surface area contributed by atoms with E-state index >= 15 is 0 Å². The molecule has 18 heavy (non-hydrogen) atoms. The van der Waals surface area contributed by atoms with Gasteiger partial charge in [-0.25, -0.2) is 4.79 Å². The zero-order valence-electron chi connectivity index (χ0n) is 11.1. The van der Waals surface area contributed by atoms with Crippen molar-refractivity contribution in [3.63, 3.8) is 0 Å². The minimum atomic E-state index is -0.891. The van der Waals surface area contributed by atoms with Gasteiger partial charge in [-0.1, -0.05) is 17.7 Å². The fourth-order valence-electron chi connectivity index (χ4n) is 2.52. The lowest BCUT2D eigenvalue weighted by atomic mass is 9.97. The topological polar surface area (TPSA) is 53.1 Å². The molecule has 94 valence electrons. The van der Waals surface area contributed by atoms with E-state index in [1.165, 1.54) is 5.56 Å². The van der Waals surface area contributed by atoms with Crippen molar-refractivity contribution in [2.75, 3.05) is 0 Å². The molecule has 0 saturated heterocycles. The van der Waals surface area contributed by atoms with Crippen LogP contribution in [0.3, 0.4) is 0 Å². The van der Waals surface area contributed by atoms with Crippen LogP contribution in [0.5, 0.6) is 0 Å². The molecule has 0 unspecified atom stereocenters. The lowest BCUT2D eigenvalue weighted by molar-refractivity contribution is 0.0696. The quantitative estimate of drug-likeness (QED) is 0.846. The maximum atomic E-state index is 11.1. The number of aromatic nitrogens is 1. The first-order valence-corrected chi connectivity index (χ1v) is 5.91. The third-order valence-electron chi connectivity index (χ3n) is 3.19. The van der Waals surface area contributed by atoms with E-state index in [0.29, 0.717) is 11.3 Å². The molecule has 0 aliphatic rings. The number of rotatable bonds is 2. The summed E-state index contributed by atoms with van der Waals surface area (Å²) in [7, 11) is 0. The van der Waals surface area contributed by atoms with Crippen LogP contribution in [0, 0.1) is 27.7 Å². The summed E-state index contributed by atoms with van der Waals surface area (Å²) in [6.45, 7) is 7.94. The minimum absolute atomic E-state index is 0.337. The maximum absolute atomic E-state index is 11.1. The number of aromatic carboxylic acids is 1. The first-order valence-electron chi connectivity index (χ1n) is 5.91. The van der Waals surface area contributed by atoms with Gasteiger partial charge in [0.2, 0.25) is 0 Å². The van der Waals surface area contributed by atoms with E-state index in [9.17, 15) is 4.79 Å². The molecule has 3 nitrogen and oxygen atoms in total. The van der Waals surface area contributed by atoms with Gasteiger partial charge in [-0.15, -0.1) is 0 Å². The van der Waals surface area contributed by atoms with Gasteiger partial charge < -0.3 is 10.1 Å². The van der Waals surface area contributed by atoms with Gasteiger partial charge in [-0.3, -0.25) is 0 Å². The standard InChI is InChI=1S/C15H17NO2/c1-8-5-9(2)14(10(3)6-8)13-7-12(15(17)18)11(4)16-13/h5-7,16H,1-4H3,(H,17,18). The Morgan fingerprint density at radius 1 is 1.06 bits per heavy atom. The van der Waals surface area contributed by atoms with Crippen LogP contribution in [0.4, 0.5) is 0 Å². The van der Waals surface area contributed by atoms with Crippen molar-refractivity contribution in [2.24, 2.45) is 0 Å². The first-order chi connectivity index (χ1) is 8.40. The van der Waals surface area contributed by atoms with Crippen LogP contribution in [0.2, 0.25) is 0 Å². The largest absolute Gasteiger partial charge is 0.478 e. The number of hydrogen-bond acceptors (Lipinski definition) is 1. The molecule has 0 amide bonds. The van der Waals surface area contributed by atoms with E-state index in [1.54, 1.807) is 13.0 Å². The smallest absolute Gasteiger partial charge is 0.337 e. The Kier molecular flexibility index (Phi) is 2.99. The van der Waals surface area contributed by atoms with E-state index in [4.69, 9.17) is 5.11 Å². The zero-order valence-corrected chi connectivity index (χ0v) is 11.1. The second kappa shape index (κ2) is 4.33. The number of aromatic amines is 1. The fraction of sp³-hybridized carbons (Fsp3) is 0.267. The second-order valence-corrected chi connectivity index (χ2v) is 4.80. The molecule has 2 rings (SSSR count). The Morgan fingerprint density at radius 3 is 2.06 bits per heavy atom. The zero-order chi connectivity index (χ0) is 13.4. The molecule has 1 heterocycles. The van der Waals surface area contributed by atoms with Gasteiger partial charge in [0.15, 0.2) is 0 Å². The summed E-state index contributed by atoms with van der Waals surface area (Å²) in [5.41, 5.74) is 6.53. The average Bonchev–Trinajstić information content (AvgIpc) is 2.58. The lowest BCUT2D eigenvalue weighted by Gasteiger charge is -2.09. The number of nitrogens with one attached hydrogen (secondary N) is 1. The van der Waals surface area contributed by atoms with Gasteiger partial charge >= 0.3 is 5.97 Å². The van der Waals surface area contributed by atoms with E-state index in [-0.39, 0.29) is 0 Å². The summed E-state index contributed by atoms with van der Waals surface area (Å²) in [5, 5.41) is 9.09. The van der Waals surface area contributed by atoms with Gasteiger partial charge in [0.25, 0.3) is 0 Å². The predicted octanol–water partition coefficient (Wildman–Crippen LogP) is 3.61. The van der Waals surface area contributed by atoms with Gasteiger partial charge in [0, 0.05) is 17.0 Å². The molecular formula is C15H17NO2. The number of aryl methyl sites for hydroxylation is 4. The predicted molar refractivity (Wildman–Crippen MR) is 72.1 cm³/mol. The molecule has 0 bridgehead atoms. The third-order valence-corrected chi connectivity index (χ3v) is 3.19. The molecule has 3 heteroatoms. The van der Waals surface area contributed by atoms with Crippen LogP contribution >= 0.6 is 0 Å². The summed E-state index contributed by atoms with van der Waals surface area (Å²) < 4.78 is 0. The molecule has 0 saturated carbocycles. The highest BCUT2D eigenvalue weighted by molar-refractivity contribution is 5.91. The highest BCUT2D eigenvalue weighted by Crippen LogP contribution is 2.29. The Labute approximate surface area is 106 Å². The monoisotopic (exact) mass is 243 g/mol. The Hall–Kier alpha value is -2.03. The Morgan fingerprint density at radius 2 is 1.61 bits per heavy atom. The van der Waals surface area contributed by atoms with Crippen molar-refractivity contribution in [3.05, 3.63) is 46.1 Å². The fourth-order valence-corrected chi connectivity index (χ4v) is 2.52. The van der Waals surface area contributed by atoms with Crippen molar-refractivity contribution < 1.29 is 9.90 Å². The second-order valence-electron chi connectivity index (χ2n) is 4.80. The molecule has 0 spiro atoms.